The summed E-state index contributed by atoms with van der Waals surface area (Å²) in [5.74, 6) is -0.214. The van der Waals surface area contributed by atoms with E-state index in [4.69, 9.17) is 0 Å². The van der Waals surface area contributed by atoms with Crippen LogP contribution in [0.25, 0.3) is 11.3 Å². The third kappa shape index (κ3) is 6.49. The summed E-state index contributed by atoms with van der Waals surface area (Å²) >= 11 is 0. The van der Waals surface area contributed by atoms with Crippen LogP contribution in [-0.2, 0) is 29.5 Å². The van der Waals surface area contributed by atoms with E-state index >= 15 is 0 Å². The van der Waals surface area contributed by atoms with Gasteiger partial charge in [0.1, 0.15) is 10.6 Å². The Balaban J connectivity index is 1.37. The highest BCUT2D eigenvalue weighted by molar-refractivity contribution is 7.90. The maximum absolute atomic E-state index is 11.8. The Morgan fingerprint density at radius 3 is 2.77 bits per heavy atom. The van der Waals surface area contributed by atoms with E-state index in [1.165, 1.54) is 17.7 Å². The SMILES string of the molecule is CC1CN[C@@H](C)CN1Cc1cccc(-c2ccnn2CNCCc2ccc(O)c(S(C)(=O)=O)c2)c1. The van der Waals surface area contributed by atoms with Crippen molar-refractivity contribution < 1.29 is 13.5 Å². The Morgan fingerprint density at radius 1 is 1.14 bits per heavy atom. The summed E-state index contributed by atoms with van der Waals surface area (Å²) in [6, 6.07) is 16.4. The molecule has 1 aliphatic heterocycles. The third-order valence-electron chi connectivity index (χ3n) is 6.49. The first-order chi connectivity index (χ1) is 16.7. The first-order valence-electron chi connectivity index (χ1n) is 12.0. The van der Waals surface area contributed by atoms with Gasteiger partial charge >= 0.3 is 0 Å². The Hall–Kier alpha value is -2.72. The van der Waals surface area contributed by atoms with Gasteiger partial charge in [-0.15, -0.1) is 0 Å². The van der Waals surface area contributed by atoms with Crippen molar-refractivity contribution in [1.82, 2.24) is 25.3 Å². The van der Waals surface area contributed by atoms with Crippen molar-refractivity contribution in [3.8, 4) is 17.0 Å². The first-order valence-corrected chi connectivity index (χ1v) is 13.9. The van der Waals surface area contributed by atoms with Crippen molar-refractivity contribution in [2.45, 2.75) is 50.5 Å². The lowest BCUT2D eigenvalue weighted by Crippen LogP contribution is -2.53. The Kier molecular flexibility index (Phi) is 7.91. The summed E-state index contributed by atoms with van der Waals surface area (Å²) in [5, 5.41) is 21.2. The number of phenolic OH excluding ortho intramolecular Hbond substituents is 1. The minimum absolute atomic E-state index is 0.0334. The van der Waals surface area contributed by atoms with Crippen LogP contribution < -0.4 is 10.6 Å². The number of phenols is 1. The van der Waals surface area contributed by atoms with Gasteiger partial charge in [0.25, 0.3) is 0 Å². The van der Waals surface area contributed by atoms with Gasteiger partial charge in [-0.3, -0.25) is 14.9 Å². The van der Waals surface area contributed by atoms with Crippen LogP contribution in [0.1, 0.15) is 25.0 Å². The molecule has 3 aromatic rings. The van der Waals surface area contributed by atoms with Crippen LogP contribution in [0.4, 0.5) is 0 Å². The van der Waals surface area contributed by atoms with Gasteiger partial charge in [0.05, 0.1) is 12.4 Å². The largest absolute Gasteiger partial charge is 0.507 e. The second-order valence-corrected chi connectivity index (χ2v) is 11.5. The number of nitrogens with zero attached hydrogens (tertiary/aromatic N) is 3. The van der Waals surface area contributed by atoms with Crippen LogP contribution in [0.2, 0.25) is 0 Å². The fourth-order valence-electron chi connectivity index (χ4n) is 4.51. The van der Waals surface area contributed by atoms with E-state index in [9.17, 15) is 13.5 Å². The quantitative estimate of drug-likeness (QED) is 0.391. The van der Waals surface area contributed by atoms with Gasteiger partial charge in [0.2, 0.25) is 0 Å². The number of aromatic nitrogens is 2. The van der Waals surface area contributed by atoms with Gasteiger partial charge in [0.15, 0.2) is 9.84 Å². The first kappa shape index (κ1) is 25.4. The number of rotatable bonds is 9. The molecule has 188 valence electrons. The molecule has 1 unspecified atom stereocenters. The van der Waals surface area contributed by atoms with Crippen molar-refractivity contribution >= 4 is 9.84 Å². The van der Waals surface area contributed by atoms with Crippen LogP contribution in [0.5, 0.6) is 5.75 Å². The lowest BCUT2D eigenvalue weighted by molar-refractivity contribution is 0.139. The number of sulfone groups is 1. The molecule has 8 nitrogen and oxygen atoms in total. The highest BCUT2D eigenvalue weighted by Gasteiger charge is 2.22. The molecule has 35 heavy (non-hydrogen) atoms. The van der Waals surface area contributed by atoms with E-state index < -0.39 is 9.84 Å². The maximum atomic E-state index is 11.8. The standard InChI is InChI=1S/C26H35N5O3S/c1-19-16-30(20(2)15-28-19)17-22-5-4-6-23(13-22)24-10-12-29-31(24)18-27-11-9-21-7-8-25(32)26(14-21)35(3,33)34/h4-8,10,12-14,19-20,27-28,32H,9,11,15-18H2,1-3H3/t19-,20?/m0/s1. The molecule has 0 spiro atoms. The molecular formula is C26H35N5O3S. The van der Waals surface area contributed by atoms with Gasteiger partial charge < -0.3 is 10.4 Å². The van der Waals surface area contributed by atoms with Gasteiger partial charge in [-0.05, 0) is 55.7 Å². The molecule has 0 bridgehead atoms. The Bertz CT molecular complexity index is 1260. The number of benzene rings is 2. The summed E-state index contributed by atoms with van der Waals surface area (Å²) in [7, 11) is -3.47. The lowest BCUT2D eigenvalue weighted by atomic mass is 10.1. The Labute approximate surface area is 207 Å². The second kappa shape index (κ2) is 10.9. The second-order valence-electron chi connectivity index (χ2n) is 9.49. The van der Waals surface area contributed by atoms with Crippen molar-refractivity contribution in [3.05, 3.63) is 65.9 Å². The normalized spacial score (nSPS) is 19.2. The average Bonchev–Trinajstić information content (AvgIpc) is 3.28. The molecule has 1 fully saturated rings. The number of nitrogens with one attached hydrogen (secondary N) is 2. The monoisotopic (exact) mass is 497 g/mol. The van der Waals surface area contributed by atoms with Gasteiger partial charge in [-0.25, -0.2) is 8.42 Å². The van der Waals surface area contributed by atoms with E-state index in [0.29, 0.717) is 31.7 Å². The topological polar surface area (TPSA) is 99.5 Å². The molecule has 0 amide bonds. The molecule has 0 saturated carbocycles. The average molecular weight is 498 g/mol. The number of hydrogen-bond acceptors (Lipinski definition) is 7. The molecule has 2 aromatic carbocycles. The molecule has 3 N–H and O–H groups in total. The van der Waals surface area contributed by atoms with Crippen molar-refractivity contribution in [3.63, 3.8) is 0 Å². The Morgan fingerprint density at radius 2 is 1.97 bits per heavy atom. The molecule has 1 saturated heterocycles. The molecule has 2 heterocycles. The minimum atomic E-state index is -3.47. The van der Waals surface area contributed by atoms with Gasteiger partial charge in [-0.1, -0.05) is 24.3 Å². The molecular weight excluding hydrogens is 462 g/mol. The lowest BCUT2D eigenvalue weighted by Gasteiger charge is -2.37. The number of aromatic hydroxyl groups is 1. The summed E-state index contributed by atoms with van der Waals surface area (Å²) < 4.78 is 25.6. The zero-order valence-corrected chi connectivity index (χ0v) is 21.4. The number of hydrogen-bond donors (Lipinski definition) is 3. The third-order valence-corrected chi connectivity index (χ3v) is 7.62. The predicted molar refractivity (Wildman–Crippen MR) is 138 cm³/mol. The van der Waals surface area contributed by atoms with E-state index in [1.807, 2.05) is 16.9 Å². The molecule has 0 aliphatic carbocycles. The minimum Gasteiger partial charge on any atom is -0.507 e. The van der Waals surface area contributed by atoms with E-state index in [1.54, 1.807) is 6.07 Å². The smallest absolute Gasteiger partial charge is 0.179 e. The van der Waals surface area contributed by atoms with Crippen LogP contribution in [0.15, 0.2) is 59.6 Å². The number of piperazine rings is 1. The van der Waals surface area contributed by atoms with Crippen LogP contribution >= 0.6 is 0 Å². The summed E-state index contributed by atoms with van der Waals surface area (Å²) in [5.41, 5.74) is 4.32. The summed E-state index contributed by atoms with van der Waals surface area (Å²) in [6.45, 7) is 8.66. The van der Waals surface area contributed by atoms with Gasteiger partial charge in [-0.2, -0.15) is 5.10 Å². The van der Waals surface area contributed by atoms with Crippen LogP contribution in [0.3, 0.4) is 0 Å². The fourth-order valence-corrected chi connectivity index (χ4v) is 5.33. The molecule has 4 rings (SSSR count). The van der Waals surface area contributed by atoms with E-state index in [0.717, 1.165) is 42.7 Å². The van der Waals surface area contributed by atoms with Crippen molar-refractivity contribution in [2.75, 3.05) is 25.9 Å². The molecule has 1 aliphatic rings. The van der Waals surface area contributed by atoms with E-state index in [-0.39, 0.29) is 10.6 Å². The van der Waals surface area contributed by atoms with Crippen LogP contribution in [-0.4, -0.2) is 66.2 Å². The highest BCUT2D eigenvalue weighted by atomic mass is 32.2. The zero-order valence-electron chi connectivity index (χ0n) is 20.6. The van der Waals surface area contributed by atoms with Crippen molar-refractivity contribution in [2.24, 2.45) is 0 Å². The summed E-state index contributed by atoms with van der Waals surface area (Å²) in [4.78, 5) is 2.49. The maximum Gasteiger partial charge on any atom is 0.179 e. The fraction of sp³-hybridized carbons (Fsp3) is 0.423. The predicted octanol–water partition coefficient (Wildman–Crippen LogP) is 2.63. The molecule has 9 heteroatoms. The highest BCUT2D eigenvalue weighted by Crippen LogP contribution is 2.24. The molecule has 1 aromatic heterocycles. The van der Waals surface area contributed by atoms with Gasteiger partial charge in [0, 0.05) is 56.3 Å². The van der Waals surface area contributed by atoms with Crippen molar-refractivity contribution in [1.29, 1.82) is 0 Å². The zero-order chi connectivity index (χ0) is 25.0. The molecule has 0 radical (unpaired) electrons. The summed E-state index contributed by atoms with van der Waals surface area (Å²) in [6.07, 6.45) is 3.54. The van der Waals surface area contributed by atoms with E-state index in [2.05, 4.69) is 58.7 Å². The molecule has 2 atom stereocenters. The van der Waals surface area contributed by atoms with Crippen LogP contribution in [0, 0.1) is 0 Å².